The molecule has 1 fully saturated rings. The van der Waals surface area contributed by atoms with Gasteiger partial charge in [0, 0.05) is 30.5 Å². The molecule has 1 aliphatic carbocycles. The molecule has 0 spiro atoms. The molecular weight excluding hydrogens is 393 g/mol. The van der Waals surface area contributed by atoms with E-state index in [2.05, 4.69) is 10.3 Å². The van der Waals surface area contributed by atoms with Crippen molar-refractivity contribution in [2.45, 2.75) is 32.4 Å². The monoisotopic (exact) mass is 417 g/mol. The van der Waals surface area contributed by atoms with Crippen LogP contribution >= 0.6 is 0 Å². The van der Waals surface area contributed by atoms with Crippen LogP contribution in [0.15, 0.2) is 73.1 Å². The van der Waals surface area contributed by atoms with Gasteiger partial charge in [-0.1, -0.05) is 24.3 Å². The Balaban J connectivity index is 1.41. The lowest BCUT2D eigenvalue weighted by Crippen LogP contribution is -2.31. The molecule has 0 atom stereocenters. The molecule has 1 aromatic heterocycles. The molecule has 6 heteroatoms. The van der Waals surface area contributed by atoms with Gasteiger partial charge in [-0.3, -0.25) is 14.6 Å². The van der Waals surface area contributed by atoms with E-state index in [4.69, 9.17) is 0 Å². The molecule has 2 amide bonds. The van der Waals surface area contributed by atoms with E-state index in [9.17, 15) is 14.0 Å². The van der Waals surface area contributed by atoms with Gasteiger partial charge in [-0.15, -0.1) is 0 Å². The van der Waals surface area contributed by atoms with E-state index in [1.165, 1.54) is 12.1 Å². The molecule has 1 N–H and O–H groups in total. The molecule has 5 nitrogen and oxygen atoms in total. The van der Waals surface area contributed by atoms with Crippen molar-refractivity contribution in [2.24, 2.45) is 5.92 Å². The summed E-state index contributed by atoms with van der Waals surface area (Å²) in [5.41, 5.74) is 3.35. The number of hydrogen-bond acceptors (Lipinski definition) is 3. The summed E-state index contributed by atoms with van der Waals surface area (Å²) < 4.78 is 13.6. The lowest BCUT2D eigenvalue weighted by Gasteiger charge is -2.23. The second-order valence-electron chi connectivity index (χ2n) is 7.80. The average Bonchev–Trinajstić information content (AvgIpc) is 3.63. The van der Waals surface area contributed by atoms with E-state index in [-0.39, 0.29) is 30.0 Å². The number of halogens is 1. The number of nitrogens with zero attached hydrogens (tertiary/aromatic N) is 2. The summed E-state index contributed by atoms with van der Waals surface area (Å²) in [5.74, 6) is -0.279. The smallest absolute Gasteiger partial charge is 0.230 e. The van der Waals surface area contributed by atoms with Crippen molar-refractivity contribution >= 4 is 17.5 Å². The minimum absolute atomic E-state index is 0.0483. The van der Waals surface area contributed by atoms with Crippen molar-refractivity contribution in [3.05, 3.63) is 95.6 Å². The molecule has 3 aromatic rings. The first-order valence-corrected chi connectivity index (χ1v) is 10.4. The first-order chi connectivity index (χ1) is 15.1. The fourth-order valence-electron chi connectivity index (χ4n) is 3.41. The molecule has 158 valence electrons. The Hall–Kier alpha value is -3.54. The fraction of sp³-hybridized carbons (Fsp3) is 0.240. The molecule has 2 aromatic carbocycles. The van der Waals surface area contributed by atoms with Gasteiger partial charge >= 0.3 is 0 Å². The zero-order valence-corrected chi connectivity index (χ0v) is 17.1. The van der Waals surface area contributed by atoms with Gasteiger partial charge in [0.05, 0.1) is 13.0 Å². The zero-order valence-electron chi connectivity index (χ0n) is 17.1. The van der Waals surface area contributed by atoms with Gasteiger partial charge in [0.2, 0.25) is 11.8 Å². The minimum atomic E-state index is -0.315. The number of amides is 2. The first kappa shape index (κ1) is 20.7. The van der Waals surface area contributed by atoms with Gasteiger partial charge in [-0.25, -0.2) is 4.39 Å². The van der Waals surface area contributed by atoms with Crippen molar-refractivity contribution in [3.63, 3.8) is 0 Å². The highest BCUT2D eigenvalue weighted by molar-refractivity contribution is 5.96. The van der Waals surface area contributed by atoms with Crippen molar-refractivity contribution < 1.29 is 14.0 Å². The van der Waals surface area contributed by atoms with E-state index in [0.717, 1.165) is 35.2 Å². The summed E-state index contributed by atoms with van der Waals surface area (Å²) in [5, 5.41) is 2.90. The molecular formula is C25H24FN3O2. The van der Waals surface area contributed by atoms with Gasteiger partial charge in [-0.05, 0) is 65.9 Å². The predicted octanol–water partition coefficient (Wildman–Crippen LogP) is 4.02. The number of anilines is 1. The highest BCUT2D eigenvalue weighted by Gasteiger charge is 2.34. The molecule has 1 saturated carbocycles. The van der Waals surface area contributed by atoms with E-state index < -0.39 is 0 Å². The van der Waals surface area contributed by atoms with Gasteiger partial charge in [0.25, 0.3) is 0 Å². The first-order valence-electron chi connectivity index (χ1n) is 10.4. The molecule has 4 rings (SSSR count). The second-order valence-corrected chi connectivity index (χ2v) is 7.80. The van der Waals surface area contributed by atoms with Gasteiger partial charge in [0.15, 0.2) is 0 Å². The minimum Gasteiger partial charge on any atom is -0.352 e. The maximum absolute atomic E-state index is 13.6. The van der Waals surface area contributed by atoms with Gasteiger partial charge in [-0.2, -0.15) is 0 Å². The third kappa shape index (κ3) is 5.75. The third-order valence-corrected chi connectivity index (χ3v) is 5.27. The van der Waals surface area contributed by atoms with Crippen LogP contribution in [0.5, 0.6) is 0 Å². The summed E-state index contributed by atoms with van der Waals surface area (Å²) >= 11 is 0. The summed E-state index contributed by atoms with van der Waals surface area (Å²) in [4.78, 5) is 30.8. The molecule has 1 heterocycles. The van der Waals surface area contributed by atoms with Crippen molar-refractivity contribution in [1.82, 2.24) is 10.3 Å². The van der Waals surface area contributed by atoms with Crippen LogP contribution in [0.3, 0.4) is 0 Å². The van der Waals surface area contributed by atoms with Crippen LogP contribution in [0.25, 0.3) is 0 Å². The SMILES string of the molecule is O=C(Cc1ccc(N(Cc2cccc(F)c2)C(=O)C2CC2)cc1)NCc1ccncc1. The van der Waals surface area contributed by atoms with Crippen LogP contribution in [0.4, 0.5) is 10.1 Å². The lowest BCUT2D eigenvalue weighted by molar-refractivity contribution is -0.121. The molecule has 0 bridgehead atoms. The molecule has 0 aliphatic heterocycles. The summed E-state index contributed by atoms with van der Waals surface area (Å²) in [6.45, 7) is 0.773. The number of aromatic nitrogens is 1. The second kappa shape index (κ2) is 9.51. The van der Waals surface area contributed by atoms with E-state index in [1.54, 1.807) is 23.4 Å². The Labute approximate surface area is 180 Å². The number of carbonyl (C=O) groups excluding carboxylic acids is 2. The maximum atomic E-state index is 13.6. The number of benzene rings is 2. The Morgan fingerprint density at radius 1 is 0.968 bits per heavy atom. The number of rotatable bonds is 8. The Morgan fingerprint density at radius 2 is 1.71 bits per heavy atom. The summed E-state index contributed by atoms with van der Waals surface area (Å²) in [6.07, 6.45) is 5.44. The Morgan fingerprint density at radius 3 is 2.39 bits per heavy atom. The van der Waals surface area contributed by atoms with Crippen molar-refractivity contribution in [3.8, 4) is 0 Å². The van der Waals surface area contributed by atoms with Crippen LogP contribution in [0.2, 0.25) is 0 Å². The zero-order chi connectivity index (χ0) is 21.6. The van der Waals surface area contributed by atoms with E-state index in [1.807, 2.05) is 42.5 Å². The highest BCUT2D eigenvalue weighted by atomic mass is 19.1. The van der Waals surface area contributed by atoms with E-state index in [0.29, 0.717) is 13.1 Å². The largest absolute Gasteiger partial charge is 0.352 e. The van der Waals surface area contributed by atoms with E-state index >= 15 is 0 Å². The Kier molecular flexibility index (Phi) is 6.36. The van der Waals surface area contributed by atoms with Crippen molar-refractivity contribution in [2.75, 3.05) is 4.90 Å². The normalized spacial score (nSPS) is 12.9. The van der Waals surface area contributed by atoms with Crippen molar-refractivity contribution in [1.29, 1.82) is 0 Å². The third-order valence-electron chi connectivity index (χ3n) is 5.27. The predicted molar refractivity (Wildman–Crippen MR) is 117 cm³/mol. The molecule has 1 aliphatic rings. The highest BCUT2D eigenvalue weighted by Crippen LogP contribution is 2.33. The number of carbonyl (C=O) groups is 2. The standard InChI is InChI=1S/C25H24FN3O2/c26-22-3-1-2-20(14-22)17-29(25(31)21-6-7-21)23-8-4-18(5-9-23)15-24(30)28-16-19-10-12-27-13-11-19/h1-5,8-14,21H,6-7,15-17H2,(H,28,30). The summed E-state index contributed by atoms with van der Waals surface area (Å²) in [6, 6.07) is 17.5. The summed E-state index contributed by atoms with van der Waals surface area (Å²) in [7, 11) is 0. The molecule has 31 heavy (non-hydrogen) atoms. The average molecular weight is 417 g/mol. The van der Waals surface area contributed by atoms with Crippen LogP contribution in [0.1, 0.15) is 29.5 Å². The topological polar surface area (TPSA) is 62.3 Å². The van der Waals surface area contributed by atoms with Crippen LogP contribution in [-0.4, -0.2) is 16.8 Å². The Bertz CT molecular complexity index is 1050. The van der Waals surface area contributed by atoms with Crippen LogP contribution in [0, 0.1) is 11.7 Å². The number of hydrogen-bond donors (Lipinski definition) is 1. The number of nitrogens with one attached hydrogen (secondary N) is 1. The molecule has 0 radical (unpaired) electrons. The van der Waals surface area contributed by atoms with Crippen LogP contribution < -0.4 is 10.2 Å². The van der Waals surface area contributed by atoms with Gasteiger partial charge < -0.3 is 10.2 Å². The van der Waals surface area contributed by atoms with Crippen LogP contribution in [-0.2, 0) is 29.1 Å². The lowest BCUT2D eigenvalue weighted by atomic mass is 10.1. The maximum Gasteiger partial charge on any atom is 0.230 e. The fourth-order valence-corrected chi connectivity index (χ4v) is 3.41. The number of pyridine rings is 1. The molecule has 0 unspecified atom stereocenters. The van der Waals surface area contributed by atoms with Gasteiger partial charge in [0.1, 0.15) is 5.82 Å². The quantitative estimate of drug-likeness (QED) is 0.602. The molecule has 0 saturated heterocycles.